The maximum absolute atomic E-state index is 12.4. The predicted molar refractivity (Wildman–Crippen MR) is 83.4 cm³/mol. The molecule has 0 unspecified atom stereocenters. The molecule has 1 aromatic rings. The monoisotopic (exact) mass is 379 g/mol. The Bertz CT molecular complexity index is 580. The second-order valence-corrected chi connectivity index (χ2v) is 8.74. The van der Waals surface area contributed by atoms with Gasteiger partial charge in [0, 0.05) is 31.7 Å². The van der Waals surface area contributed by atoms with Gasteiger partial charge in [-0.2, -0.15) is 0 Å². The van der Waals surface area contributed by atoms with Crippen molar-refractivity contribution in [3.63, 3.8) is 0 Å². The van der Waals surface area contributed by atoms with Crippen molar-refractivity contribution in [1.29, 1.82) is 0 Å². The summed E-state index contributed by atoms with van der Waals surface area (Å²) in [6.07, 6.45) is 1.61. The molecule has 1 aliphatic heterocycles. The quantitative estimate of drug-likeness (QED) is 0.850. The van der Waals surface area contributed by atoms with Crippen molar-refractivity contribution in [3.8, 4) is 0 Å². The molecule has 120 valence electrons. The molecule has 0 radical (unpaired) electrons. The van der Waals surface area contributed by atoms with Crippen molar-refractivity contribution >= 4 is 26.0 Å². The molecule has 1 N–H and O–H groups in total. The van der Waals surface area contributed by atoms with Crippen LogP contribution in [0.1, 0.15) is 33.6 Å². The summed E-state index contributed by atoms with van der Waals surface area (Å²) in [6, 6.07) is -0.0459. The minimum Gasteiger partial charge on any atom is -0.298 e. The molecule has 2 rings (SSSR count). The lowest BCUT2D eigenvalue weighted by molar-refractivity contribution is 0.100. The molecule has 0 bridgehead atoms. The SMILES string of the molecule is Cn1nnc(Br)c1S(=O)(=O)NC1CCN(C(C)(C)C)CC1. The molecule has 0 atom stereocenters. The predicted octanol–water partition coefficient (Wildman–Crippen LogP) is 1.12. The first kappa shape index (κ1) is 16.9. The van der Waals surface area contributed by atoms with E-state index in [1.165, 1.54) is 4.68 Å². The van der Waals surface area contributed by atoms with Gasteiger partial charge in [-0.25, -0.2) is 17.8 Å². The minimum atomic E-state index is -3.61. The summed E-state index contributed by atoms with van der Waals surface area (Å²) >= 11 is 3.13. The Morgan fingerprint density at radius 1 is 1.29 bits per heavy atom. The summed E-state index contributed by atoms with van der Waals surface area (Å²) in [4.78, 5) is 2.37. The number of rotatable bonds is 3. The molecule has 0 aliphatic carbocycles. The fourth-order valence-electron chi connectivity index (χ4n) is 2.55. The van der Waals surface area contributed by atoms with E-state index in [-0.39, 0.29) is 21.2 Å². The molecule has 7 nitrogen and oxygen atoms in total. The number of hydrogen-bond donors (Lipinski definition) is 1. The third-order valence-corrected chi connectivity index (χ3v) is 6.16. The van der Waals surface area contributed by atoms with Gasteiger partial charge in [-0.3, -0.25) is 4.90 Å². The maximum Gasteiger partial charge on any atom is 0.260 e. The zero-order valence-electron chi connectivity index (χ0n) is 12.8. The number of aromatic nitrogens is 3. The van der Waals surface area contributed by atoms with Crippen LogP contribution in [0.2, 0.25) is 0 Å². The highest BCUT2D eigenvalue weighted by Crippen LogP contribution is 2.23. The van der Waals surface area contributed by atoms with E-state index in [0.717, 1.165) is 25.9 Å². The van der Waals surface area contributed by atoms with Gasteiger partial charge in [0.05, 0.1) is 0 Å². The van der Waals surface area contributed by atoms with Gasteiger partial charge in [-0.15, -0.1) is 5.10 Å². The molecule has 9 heteroatoms. The Morgan fingerprint density at radius 2 is 1.86 bits per heavy atom. The van der Waals surface area contributed by atoms with Crippen LogP contribution >= 0.6 is 15.9 Å². The number of nitrogens with zero attached hydrogens (tertiary/aromatic N) is 4. The fraction of sp³-hybridized carbons (Fsp3) is 0.833. The van der Waals surface area contributed by atoms with Crippen LogP contribution in [0.4, 0.5) is 0 Å². The van der Waals surface area contributed by atoms with E-state index in [9.17, 15) is 8.42 Å². The summed E-state index contributed by atoms with van der Waals surface area (Å²) in [5, 5.41) is 7.50. The first-order valence-electron chi connectivity index (χ1n) is 6.94. The second-order valence-electron chi connectivity index (χ2n) is 6.36. The van der Waals surface area contributed by atoms with E-state index >= 15 is 0 Å². The Labute approximate surface area is 134 Å². The Hall–Kier alpha value is -0.510. The molecule has 1 saturated heterocycles. The molecule has 1 fully saturated rings. The minimum absolute atomic E-state index is 0.0459. The van der Waals surface area contributed by atoms with Crippen LogP contribution in [0.25, 0.3) is 0 Å². The van der Waals surface area contributed by atoms with Crippen LogP contribution in [0.15, 0.2) is 9.63 Å². The lowest BCUT2D eigenvalue weighted by Gasteiger charge is -2.40. The highest BCUT2D eigenvalue weighted by Gasteiger charge is 2.31. The van der Waals surface area contributed by atoms with E-state index in [4.69, 9.17) is 0 Å². The third-order valence-electron chi connectivity index (χ3n) is 3.76. The van der Waals surface area contributed by atoms with Crippen LogP contribution in [0, 0.1) is 0 Å². The van der Waals surface area contributed by atoms with Crippen molar-refractivity contribution in [2.24, 2.45) is 7.05 Å². The Kier molecular flexibility index (Phi) is 4.77. The summed E-state index contributed by atoms with van der Waals surface area (Å²) in [5.74, 6) is 0. The van der Waals surface area contributed by atoms with Gasteiger partial charge in [0.25, 0.3) is 10.0 Å². The van der Waals surface area contributed by atoms with Gasteiger partial charge >= 0.3 is 0 Å². The van der Waals surface area contributed by atoms with Crippen molar-refractivity contribution in [2.45, 2.75) is 50.2 Å². The van der Waals surface area contributed by atoms with Crippen LogP contribution in [-0.4, -0.2) is 53.0 Å². The molecule has 1 aromatic heterocycles. The zero-order valence-corrected chi connectivity index (χ0v) is 15.2. The normalized spacial score (nSPS) is 19.1. The van der Waals surface area contributed by atoms with E-state index in [2.05, 4.69) is 56.6 Å². The lowest BCUT2D eigenvalue weighted by Crippen LogP contribution is -2.50. The van der Waals surface area contributed by atoms with Crippen LogP contribution < -0.4 is 4.72 Å². The van der Waals surface area contributed by atoms with Crippen molar-refractivity contribution < 1.29 is 8.42 Å². The summed E-state index contributed by atoms with van der Waals surface area (Å²) in [7, 11) is -2.04. The standard InChI is InChI=1S/C12H22BrN5O2S/c1-12(2,3)18-7-5-9(6-8-18)15-21(19,20)11-10(13)14-16-17(11)4/h9,15H,5-8H2,1-4H3. The third kappa shape index (κ3) is 3.82. The number of halogens is 1. The van der Waals surface area contributed by atoms with Crippen LogP contribution in [-0.2, 0) is 17.1 Å². The highest BCUT2D eigenvalue weighted by molar-refractivity contribution is 9.10. The molecule has 0 amide bonds. The second kappa shape index (κ2) is 5.94. The zero-order chi connectivity index (χ0) is 15.8. The van der Waals surface area contributed by atoms with Crippen LogP contribution in [0.5, 0.6) is 0 Å². The van der Waals surface area contributed by atoms with E-state index in [1.54, 1.807) is 7.05 Å². The molecule has 0 spiro atoms. The number of aryl methyl sites for hydroxylation is 1. The molecular weight excluding hydrogens is 358 g/mol. The van der Waals surface area contributed by atoms with Gasteiger partial charge in [-0.05, 0) is 49.5 Å². The number of hydrogen-bond acceptors (Lipinski definition) is 5. The Balaban J connectivity index is 2.04. The summed E-state index contributed by atoms with van der Waals surface area (Å²) in [5.41, 5.74) is 0.124. The fourth-order valence-corrected chi connectivity index (χ4v) is 4.95. The van der Waals surface area contributed by atoms with Gasteiger partial charge in [0.2, 0.25) is 5.03 Å². The number of nitrogens with one attached hydrogen (secondary N) is 1. The smallest absolute Gasteiger partial charge is 0.260 e. The van der Waals surface area contributed by atoms with Crippen molar-refractivity contribution in [3.05, 3.63) is 4.60 Å². The molecule has 0 aromatic carbocycles. The average Bonchev–Trinajstić information content (AvgIpc) is 2.68. The average molecular weight is 380 g/mol. The first-order valence-corrected chi connectivity index (χ1v) is 9.21. The number of piperidine rings is 1. The van der Waals surface area contributed by atoms with E-state index in [0.29, 0.717) is 0 Å². The Morgan fingerprint density at radius 3 is 2.29 bits per heavy atom. The van der Waals surface area contributed by atoms with Crippen molar-refractivity contribution in [2.75, 3.05) is 13.1 Å². The number of likely N-dealkylation sites (tertiary alicyclic amines) is 1. The van der Waals surface area contributed by atoms with Gasteiger partial charge in [-0.1, -0.05) is 5.21 Å². The summed E-state index contributed by atoms with van der Waals surface area (Å²) < 4.78 is 29.1. The first-order chi connectivity index (χ1) is 9.61. The highest BCUT2D eigenvalue weighted by atomic mass is 79.9. The molecular formula is C12H22BrN5O2S. The summed E-state index contributed by atoms with van der Waals surface area (Å²) in [6.45, 7) is 8.31. The molecule has 2 heterocycles. The lowest BCUT2D eigenvalue weighted by atomic mass is 9.99. The number of sulfonamides is 1. The largest absolute Gasteiger partial charge is 0.298 e. The van der Waals surface area contributed by atoms with Gasteiger partial charge < -0.3 is 0 Å². The van der Waals surface area contributed by atoms with Gasteiger partial charge in [0.15, 0.2) is 4.60 Å². The molecule has 21 heavy (non-hydrogen) atoms. The topological polar surface area (TPSA) is 80.1 Å². The molecule has 0 saturated carbocycles. The van der Waals surface area contributed by atoms with E-state index < -0.39 is 10.0 Å². The van der Waals surface area contributed by atoms with Crippen molar-refractivity contribution in [1.82, 2.24) is 24.6 Å². The molecule has 1 aliphatic rings. The van der Waals surface area contributed by atoms with Crippen LogP contribution in [0.3, 0.4) is 0 Å². The van der Waals surface area contributed by atoms with Gasteiger partial charge in [0.1, 0.15) is 0 Å². The maximum atomic E-state index is 12.4. The van der Waals surface area contributed by atoms with E-state index in [1.807, 2.05) is 0 Å².